The summed E-state index contributed by atoms with van der Waals surface area (Å²) in [6.07, 6.45) is 0. The Balaban J connectivity index is 2.09. The van der Waals surface area contributed by atoms with Crippen LogP contribution in [0.4, 0.5) is 11.5 Å². The van der Waals surface area contributed by atoms with Crippen molar-refractivity contribution in [3.8, 4) is 0 Å². The largest absolute Gasteiger partial charge is 0.383 e. The van der Waals surface area contributed by atoms with Crippen molar-refractivity contribution in [1.82, 2.24) is 9.97 Å². The molecule has 1 atom stereocenters. The van der Waals surface area contributed by atoms with Gasteiger partial charge in [0, 0.05) is 16.8 Å². The first-order valence-corrected chi connectivity index (χ1v) is 7.71. The summed E-state index contributed by atoms with van der Waals surface area (Å²) in [5.41, 5.74) is 6.72. The lowest BCUT2D eigenvalue weighted by Gasteiger charge is -2.13. The summed E-state index contributed by atoms with van der Waals surface area (Å²) >= 11 is 7.04. The Hall–Kier alpha value is -1.99. The van der Waals surface area contributed by atoms with Crippen LogP contribution >= 0.6 is 23.4 Å². The SMILES string of the molecule is Cc1ccc(Cl)cc1NC(=O)[C@H](C)Sc1nc(N)cc(=O)[nH]1. The van der Waals surface area contributed by atoms with Crippen LogP contribution in [-0.4, -0.2) is 21.1 Å². The molecule has 1 aromatic carbocycles. The molecule has 0 unspecified atom stereocenters. The predicted octanol–water partition coefficient (Wildman–Crippen LogP) is 2.43. The van der Waals surface area contributed by atoms with Gasteiger partial charge in [0.1, 0.15) is 5.82 Å². The molecule has 2 rings (SSSR count). The van der Waals surface area contributed by atoms with E-state index in [9.17, 15) is 9.59 Å². The number of aromatic amines is 1. The Morgan fingerprint density at radius 1 is 1.45 bits per heavy atom. The summed E-state index contributed by atoms with van der Waals surface area (Å²) in [5.74, 6) is -0.106. The number of aryl methyl sites for hydroxylation is 1. The number of nitrogens with two attached hydrogens (primary N) is 1. The molecule has 0 spiro atoms. The van der Waals surface area contributed by atoms with E-state index in [1.807, 2.05) is 13.0 Å². The molecule has 6 nitrogen and oxygen atoms in total. The van der Waals surface area contributed by atoms with Gasteiger partial charge in [-0.05, 0) is 31.5 Å². The van der Waals surface area contributed by atoms with E-state index in [1.54, 1.807) is 19.1 Å². The zero-order valence-corrected chi connectivity index (χ0v) is 13.6. The topological polar surface area (TPSA) is 101 Å². The number of amides is 1. The Morgan fingerprint density at radius 2 is 2.18 bits per heavy atom. The highest BCUT2D eigenvalue weighted by atomic mass is 35.5. The van der Waals surface area contributed by atoms with Gasteiger partial charge in [0.25, 0.3) is 5.56 Å². The first kappa shape index (κ1) is 16.4. The van der Waals surface area contributed by atoms with Crippen LogP contribution in [0.15, 0.2) is 34.2 Å². The minimum Gasteiger partial charge on any atom is -0.383 e. The van der Waals surface area contributed by atoms with Crippen LogP contribution in [0.2, 0.25) is 5.02 Å². The number of halogens is 1. The molecule has 116 valence electrons. The van der Waals surface area contributed by atoms with E-state index >= 15 is 0 Å². The smallest absolute Gasteiger partial charge is 0.253 e. The number of nitrogens with zero attached hydrogens (tertiary/aromatic N) is 1. The van der Waals surface area contributed by atoms with Gasteiger partial charge in [-0.1, -0.05) is 29.4 Å². The Kier molecular flexibility index (Phi) is 5.10. The van der Waals surface area contributed by atoms with Crippen LogP contribution < -0.4 is 16.6 Å². The van der Waals surface area contributed by atoms with Crippen LogP contribution in [-0.2, 0) is 4.79 Å². The summed E-state index contributed by atoms with van der Waals surface area (Å²) in [6.45, 7) is 3.59. The van der Waals surface area contributed by atoms with Gasteiger partial charge in [-0.25, -0.2) is 4.98 Å². The van der Waals surface area contributed by atoms with E-state index in [2.05, 4.69) is 15.3 Å². The standard InChI is InChI=1S/C14H15ClN4O2S/c1-7-3-4-9(15)5-10(7)17-13(21)8(2)22-14-18-11(16)6-12(20)19-14/h3-6,8H,1-2H3,(H,17,21)(H3,16,18,19,20)/t8-/m0/s1. The van der Waals surface area contributed by atoms with Crippen molar-refractivity contribution in [2.75, 3.05) is 11.1 Å². The van der Waals surface area contributed by atoms with Crippen molar-refractivity contribution in [2.24, 2.45) is 0 Å². The number of aromatic nitrogens is 2. The molecular weight excluding hydrogens is 324 g/mol. The molecular formula is C14H15ClN4O2S. The number of hydrogen-bond donors (Lipinski definition) is 3. The number of carbonyl (C=O) groups is 1. The van der Waals surface area contributed by atoms with Gasteiger partial charge in [-0.15, -0.1) is 0 Å². The van der Waals surface area contributed by atoms with E-state index in [-0.39, 0.29) is 17.3 Å². The van der Waals surface area contributed by atoms with E-state index < -0.39 is 5.25 Å². The third-order valence-corrected chi connectivity index (χ3v) is 4.07. The molecule has 0 aliphatic heterocycles. The van der Waals surface area contributed by atoms with Crippen molar-refractivity contribution in [2.45, 2.75) is 24.3 Å². The third-order valence-electron chi connectivity index (χ3n) is 2.85. The second-order valence-corrected chi connectivity index (χ2v) is 6.45. The number of hydrogen-bond acceptors (Lipinski definition) is 5. The number of H-pyrrole nitrogens is 1. The second kappa shape index (κ2) is 6.85. The van der Waals surface area contributed by atoms with E-state index in [0.717, 1.165) is 17.3 Å². The molecule has 1 heterocycles. The highest BCUT2D eigenvalue weighted by molar-refractivity contribution is 8.00. The molecule has 0 aliphatic carbocycles. The number of nitrogen functional groups attached to an aromatic ring is 1. The molecule has 1 aromatic heterocycles. The number of carbonyl (C=O) groups excluding carboxylic acids is 1. The van der Waals surface area contributed by atoms with Gasteiger partial charge in [0.05, 0.1) is 5.25 Å². The second-order valence-electron chi connectivity index (χ2n) is 4.68. The first-order valence-electron chi connectivity index (χ1n) is 6.45. The summed E-state index contributed by atoms with van der Waals surface area (Å²) in [4.78, 5) is 30.1. The van der Waals surface area contributed by atoms with Gasteiger partial charge < -0.3 is 16.0 Å². The van der Waals surface area contributed by atoms with Crippen molar-refractivity contribution in [3.05, 3.63) is 45.2 Å². The maximum absolute atomic E-state index is 12.2. The lowest BCUT2D eigenvalue weighted by Crippen LogP contribution is -2.23. The van der Waals surface area contributed by atoms with Crippen LogP contribution in [0.25, 0.3) is 0 Å². The molecule has 0 saturated heterocycles. The molecule has 2 aromatic rings. The molecule has 0 aliphatic rings. The molecule has 1 amide bonds. The minimum atomic E-state index is -0.469. The zero-order valence-electron chi connectivity index (χ0n) is 12.0. The van der Waals surface area contributed by atoms with Gasteiger partial charge in [-0.2, -0.15) is 0 Å². The number of anilines is 2. The van der Waals surface area contributed by atoms with Crippen molar-refractivity contribution < 1.29 is 4.79 Å². The lowest BCUT2D eigenvalue weighted by atomic mass is 10.2. The number of rotatable bonds is 4. The third kappa shape index (κ3) is 4.25. The predicted molar refractivity (Wildman–Crippen MR) is 89.4 cm³/mol. The molecule has 22 heavy (non-hydrogen) atoms. The number of benzene rings is 1. The van der Waals surface area contributed by atoms with Crippen molar-refractivity contribution in [1.29, 1.82) is 0 Å². The average molecular weight is 339 g/mol. The fourth-order valence-corrected chi connectivity index (χ4v) is 2.68. The van der Waals surface area contributed by atoms with Crippen LogP contribution in [0.1, 0.15) is 12.5 Å². The van der Waals surface area contributed by atoms with E-state index in [0.29, 0.717) is 15.9 Å². The van der Waals surface area contributed by atoms with Gasteiger partial charge >= 0.3 is 0 Å². The minimum absolute atomic E-state index is 0.115. The van der Waals surface area contributed by atoms with Crippen LogP contribution in [0.3, 0.4) is 0 Å². The molecule has 0 bridgehead atoms. The fourth-order valence-electron chi connectivity index (χ4n) is 1.69. The Morgan fingerprint density at radius 3 is 2.86 bits per heavy atom. The quantitative estimate of drug-likeness (QED) is 0.587. The van der Waals surface area contributed by atoms with Crippen molar-refractivity contribution >= 4 is 40.8 Å². The normalized spacial score (nSPS) is 12.0. The van der Waals surface area contributed by atoms with E-state index in [4.69, 9.17) is 17.3 Å². The number of thioether (sulfide) groups is 1. The summed E-state index contributed by atoms with van der Waals surface area (Å²) < 4.78 is 0. The van der Waals surface area contributed by atoms with Crippen LogP contribution in [0.5, 0.6) is 0 Å². The monoisotopic (exact) mass is 338 g/mol. The zero-order chi connectivity index (χ0) is 16.3. The summed E-state index contributed by atoms with van der Waals surface area (Å²) in [6, 6.07) is 6.45. The maximum atomic E-state index is 12.2. The number of nitrogens with one attached hydrogen (secondary N) is 2. The van der Waals surface area contributed by atoms with Gasteiger partial charge in [-0.3, -0.25) is 9.59 Å². The van der Waals surface area contributed by atoms with Gasteiger partial charge in [0.2, 0.25) is 5.91 Å². The fraction of sp³-hybridized carbons (Fsp3) is 0.214. The Labute approximate surface area is 136 Å². The summed E-state index contributed by atoms with van der Waals surface area (Å²) in [7, 11) is 0. The Bertz CT molecular complexity index is 763. The summed E-state index contributed by atoms with van der Waals surface area (Å²) in [5, 5.41) is 3.18. The van der Waals surface area contributed by atoms with Crippen molar-refractivity contribution in [3.63, 3.8) is 0 Å². The average Bonchev–Trinajstić information content (AvgIpc) is 2.41. The van der Waals surface area contributed by atoms with Crippen LogP contribution in [0, 0.1) is 6.92 Å². The first-order chi connectivity index (χ1) is 10.3. The molecule has 0 fully saturated rings. The molecule has 8 heteroatoms. The van der Waals surface area contributed by atoms with Gasteiger partial charge in [0.15, 0.2) is 5.16 Å². The molecule has 0 saturated carbocycles. The maximum Gasteiger partial charge on any atom is 0.253 e. The molecule has 4 N–H and O–H groups in total. The molecule has 0 radical (unpaired) electrons. The lowest BCUT2D eigenvalue weighted by molar-refractivity contribution is -0.115. The van der Waals surface area contributed by atoms with E-state index in [1.165, 1.54) is 6.07 Å². The highest BCUT2D eigenvalue weighted by Gasteiger charge is 2.17. The highest BCUT2D eigenvalue weighted by Crippen LogP contribution is 2.23.